The standard InChI is InChI=1S/C14H21N3S/c1-14(2,3)12-10(7-8-15)17-9-5-4-6-11(9)18-13(17)16-12/h4-8,15H2,1-3H3. The molecule has 2 aromatic heterocycles. The Balaban J connectivity index is 2.26. The Morgan fingerprint density at radius 2 is 2.11 bits per heavy atom. The molecule has 0 fully saturated rings. The van der Waals surface area contributed by atoms with Crippen LogP contribution in [0.4, 0.5) is 0 Å². The Morgan fingerprint density at radius 1 is 1.33 bits per heavy atom. The molecule has 2 heterocycles. The lowest BCUT2D eigenvalue weighted by molar-refractivity contribution is 0.563. The first-order valence-corrected chi connectivity index (χ1v) is 7.56. The molecule has 0 spiro atoms. The first-order chi connectivity index (χ1) is 8.52. The van der Waals surface area contributed by atoms with Crippen LogP contribution in [0.25, 0.3) is 4.96 Å². The van der Waals surface area contributed by atoms with Gasteiger partial charge in [0.15, 0.2) is 4.96 Å². The minimum atomic E-state index is 0.0989. The van der Waals surface area contributed by atoms with E-state index in [9.17, 15) is 0 Å². The van der Waals surface area contributed by atoms with E-state index in [4.69, 9.17) is 10.7 Å². The summed E-state index contributed by atoms with van der Waals surface area (Å²) in [6, 6.07) is 0. The number of thiazole rings is 1. The SMILES string of the molecule is CC(C)(C)c1nc2sc3c(n2c1CCN)CCC3. The fourth-order valence-electron chi connectivity index (χ4n) is 2.90. The van der Waals surface area contributed by atoms with Crippen LogP contribution in [0.3, 0.4) is 0 Å². The van der Waals surface area contributed by atoms with Crippen molar-refractivity contribution in [3.8, 4) is 0 Å². The summed E-state index contributed by atoms with van der Waals surface area (Å²) in [7, 11) is 0. The summed E-state index contributed by atoms with van der Waals surface area (Å²) in [6.45, 7) is 7.40. The highest BCUT2D eigenvalue weighted by Gasteiger charge is 2.28. The van der Waals surface area contributed by atoms with Crippen LogP contribution in [0.15, 0.2) is 0 Å². The Hall–Kier alpha value is -0.870. The van der Waals surface area contributed by atoms with Crippen LogP contribution in [0.5, 0.6) is 0 Å². The molecule has 0 bridgehead atoms. The predicted molar refractivity (Wildman–Crippen MR) is 76.6 cm³/mol. The topological polar surface area (TPSA) is 43.3 Å². The Kier molecular flexibility index (Phi) is 2.75. The largest absolute Gasteiger partial charge is 0.330 e. The molecule has 0 amide bonds. The van der Waals surface area contributed by atoms with Crippen molar-refractivity contribution in [3.63, 3.8) is 0 Å². The molecular formula is C14H21N3S. The second-order valence-corrected chi connectivity index (χ2v) is 7.20. The quantitative estimate of drug-likeness (QED) is 0.905. The fourth-order valence-corrected chi connectivity index (χ4v) is 4.13. The van der Waals surface area contributed by atoms with Crippen molar-refractivity contribution in [2.24, 2.45) is 5.73 Å². The van der Waals surface area contributed by atoms with Crippen molar-refractivity contribution >= 4 is 16.3 Å². The molecule has 4 heteroatoms. The summed E-state index contributed by atoms with van der Waals surface area (Å²) in [6.07, 6.45) is 4.66. The van der Waals surface area contributed by atoms with Gasteiger partial charge in [-0.05, 0) is 25.8 Å². The second kappa shape index (κ2) is 4.07. The second-order valence-electron chi connectivity index (χ2n) is 6.14. The lowest BCUT2D eigenvalue weighted by Gasteiger charge is -2.18. The smallest absolute Gasteiger partial charge is 0.194 e. The zero-order valence-electron chi connectivity index (χ0n) is 11.4. The van der Waals surface area contributed by atoms with Gasteiger partial charge in [-0.25, -0.2) is 4.98 Å². The average Bonchev–Trinajstić information content (AvgIpc) is 2.87. The molecule has 3 rings (SSSR count). The van der Waals surface area contributed by atoms with Gasteiger partial charge in [0.2, 0.25) is 0 Å². The molecule has 2 N–H and O–H groups in total. The zero-order chi connectivity index (χ0) is 12.9. The highest BCUT2D eigenvalue weighted by atomic mass is 32.1. The highest BCUT2D eigenvalue weighted by molar-refractivity contribution is 7.17. The van der Waals surface area contributed by atoms with Gasteiger partial charge in [-0.2, -0.15) is 0 Å². The molecule has 0 aliphatic heterocycles. The van der Waals surface area contributed by atoms with E-state index >= 15 is 0 Å². The summed E-state index contributed by atoms with van der Waals surface area (Å²) >= 11 is 1.87. The predicted octanol–water partition coefficient (Wildman–Crippen LogP) is 2.68. The number of hydrogen-bond acceptors (Lipinski definition) is 3. The summed E-state index contributed by atoms with van der Waals surface area (Å²) in [5, 5.41) is 0. The minimum absolute atomic E-state index is 0.0989. The van der Waals surface area contributed by atoms with Gasteiger partial charge in [0, 0.05) is 28.1 Å². The Bertz CT molecular complexity index is 586. The van der Waals surface area contributed by atoms with Gasteiger partial charge < -0.3 is 5.73 Å². The van der Waals surface area contributed by atoms with Crippen LogP contribution < -0.4 is 5.73 Å². The lowest BCUT2D eigenvalue weighted by atomic mass is 9.90. The van der Waals surface area contributed by atoms with Crippen molar-refractivity contribution < 1.29 is 0 Å². The molecule has 0 unspecified atom stereocenters. The van der Waals surface area contributed by atoms with Crippen molar-refractivity contribution in [3.05, 3.63) is 22.0 Å². The van der Waals surface area contributed by atoms with Gasteiger partial charge in [0.1, 0.15) is 0 Å². The lowest BCUT2D eigenvalue weighted by Crippen LogP contribution is -2.17. The van der Waals surface area contributed by atoms with E-state index in [0.717, 1.165) is 6.42 Å². The summed E-state index contributed by atoms with van der Waals surface area (Å²) in [4.78, 5) is 7.60. The van der Waals surface area contributed by atoms with E-state index in [1.807, 2.05) is 11.3 Å². The van der Waals surface area contributed by atoms with Gasteiger partial charge >= 0.3 is 0 Å². The first kappa shape index (κ1) is 12.2. The number of aromatic nitrogens is 2. The third-order valence-electron chi connectivity index (χ3n) is 3.66. The maximum atomic E-state index is 5.80. The molecule has 0 saturated heterocycles. The molecule has 2 aromatic rings. The normalized spacial score (nSPS) is 15.6. The van der Waals surface area contributed by atoms with Crippen LogP contribution in [-0.2, 0) is 24.7 Å². The third-order valence-corrected chi connectivity index (χ3v) is 4.80. The number of rotatable bonds is 2. The van der Waals surface area contributed by atoms with Crippen LogP contribution in [-0.4, -0.2) is 15.9 Å². The maximum Gasteiger partial charge on any atom is 0.194 e. The van der Waals surface area contributed by atoms with Crippen LogP contribution in [0, 0.1) is 0 Å². The summed E-state index contributed by atoms with van der Waals surface area (Å²) < 4.78 is 2.40. The Morgan fingerprint density at radius 3 is 2.78 bits per heavy atom. The van der Waals surface area contributed by atoms with Gasteiger partial charge in [-0.1, -0.05) is 20.8 Å². The van der Waals surface area contributed by atoms with E-state index in [1.165, 1.54) is 46.2 Å². The molecule has 0 aromatic carbocycles. The number of fused-ring (bicyclic) bond motifs is 3. The zero-order valence-corrected chi connectivity index (χ0v) is 12.2. The molecule has 0 atom stereocenters. The average molecular weight is 263 g/mol. The molecule has 18 heavy (non-hydrogen) atoms. The molecule has 0 radical (unpaired) electrons. The first-order valence-electron chi connectivity index (χ1n) is 6.75. The highest BCUT2D eigenvalue weighted by Crippen LogP contribution is 2.35. The van der Waals surface area contributed by atoms with E-state index in [2.05, 4.69) is 25.2 Å². The number of nitrogens with two attached hydrogens (primary N) is 1. The molecular weight excluding hydrogens is 242 g/mol. The molecule has 1 aliphatic rings. The van der Waals surface area contributed by atoms with Crippen molar-refractivity contribution in [2.45, 2.75) is 51.9 Å². The van der Waals surface area contributed by atoms with E-state index in [1.54, 1.807) is 0 Å². The summed E-state index contributed by atoms with van der Waals surface area (Å²) in [5.41, 5.74) is 9.98. The molecule has 0 saturated carbocycles. The minimum Gasteiger partial charge on any atom is -0.330 e. The van der Waals surface area contributed by atoms with E-state index in [0.29, 0.717) is 6.54 Å². The number of aryl methyl sites for hydroxylation is 2. The van der Waals surface area contributed by atoms with Crippen LogP contribution in [0.2, 0.25) is 0 Å². The van der Waals surface area contributed by atoms with Crippen molar-refractivity contribution in [1.29, 1.82) is 0 Å². The van der Waals surface area contributed by atoms with E-state index in [-0.39, 0.29) is 5.41 Å². The number of imidazole rings is 1. The Labute approximate surface area is 112 Å². The van der Waals surface area contributed by atoms with Gasteiger partial charge in [-0.15, -0.1) is 11.3 Å². The monoisotopic (exact) mass is 263 g/mol. The van der Waals surface area contributed by atoms with Crippen molar-refractivity contribution in [1.82, 2.24) is 9.38 Å². The maximum absolute atomic E-state index is 5.80. The van der Waals surface area contributed by atoms with Crippen molar-refractivity contribution in [2.75, 3.05) is 6.54 Å². The number of hydrogen-bond donors (Lipinski definition) is 1. The fraction of sp³-hybridized carbons (Fsp3) is 0.643. The molecule has 98 valence electrons. The van der Waals surface area contributed by atoms with Crippen LogP contribution in [0.1, 0.15) is 49.2 Å². The number of nitrogens with zero attached hydrogens (tertiary/aromatic N) is 2. The van der Waals surface area contributed by atoms with Gasteiger partial charge in [-0.3, -0.25) is 4.40 Å². The van der Waals surface area contributed by atoms with E-state index < -0.39 is 0 Å². The third kappa shape index (κ3) is 1.70. The molecule has 3 nitrogen and oxygen atoms in total. The summed E-state index contributed by atoms with van der Waals surface area (Å²) in [5.74, 6) is 0. The van der Waals surface area contributed by atoms with Gasteiger partial charge in [0.25, 0.3) is 0 Å². The molecule has 1 aliphatic carbocycles. The van der Waals surface area contributed by atoms with Crippen LogP contribution >= 0.6 is 11.3 Å². The van der Waals surface area contributed by atoms with Gasteiger partial charge in [0.05, 0.1) is 5.69 Å².